The van der Waals surface area contributed by atoms with Gasteiger partial charge in [0, 0.05) is 28.9 Å². The Kier molecular flexibility index (Phi) is 3.63. The summed E-state index contributed by atoms with van der Waals surface area (Å²) in [6.45, 7) is 0.493. The van der Waals surface area contributed by atoms with E-state index in [0.29, 0.717) is 12.3 Å². The van der Waals surface area contributed by atoms with Crippen LogP contribution in [0.3, 0.4) is 0 Å². The van der Waals surface area contributed by atoms with Crippen LogP contribution in [0.15, 0.2) is 18.5 Å². The molecule has 0 aliphatic rings. The molecule has 0 aliphatic heterocycles. The van der Waals surface area contributed by atoms with E-state index in [2.05, 4.69) is 5.10 Å². The lowest BCUT2D eigenvalue weighted by Gasteiger charge is -1.99. The summed E-state index contributed by atoms with van der Waals surface area (Å²) in [6.07, 6.45) is 3.37. The number of nitrogens with zero attached hydrogens (tertiary/aromatic N) is 2. The average molecular weight is 202 g/mol. The number of aromatic nitrogens is 2. The van der Waals surface area contributed by atoms with E-state index in [1.165, 1.54) is 0 Å². The first-order valence-electron chi connectivity index (χ1n) is 3.72. The van der Waals surface area contributed by atoms with Crippen molar-refractivity contribution in [1.82, 2.24) is 9.78 Å². The van der Waals surface area contributed by atoms with Gasteiger partial charge in [0.25, 0.3) is 0 Å². The molecule has 0 amide bonds. The van der Waals surface area contributed by atoms with Gasteiger partial charge in [0.2, 0.25) is 0 Å². The largest absolute Gasteiger partial charge is 0.481 e. The number of carbonyl (C=O) groups is 1. The van der Waals surface area contributed by atoms with Gasteiger partial charge in [-0.2, -0.15) is 5.10 Å². The molecule has 0 spiro atoms. The molecule has 0 saturated carbocycles. The highest BCUT2D eigenvalue weighted by molar-refractivity contribution is 7.85. The number of hydrogen-bond acceptors (Lipinski definition) is 3. The lowest BCUT2D eigenvalue weighted by molar-refractivity contribution is -0.133. The minimum absolute atomic E-state index is 0.290. The predicted octanol–water partition coefficient (Wildman–Crippen LogP) is -0.284. The van der Waals surface area contributed by atoms with E-state index < -0.39 is 16.8 Å². The second kappa shape index (κ2) is 4.76. The molecule has 1 rings (SSSR count). The van der Waals surface area contributed by atoms with Crippen molar-refractivity contribution >= 4 is 16.8 Å². The quantitative estimate of drug-likeness (QED) is 0.712. The number of hydrogen-bond donors (Lipinski definition) is 1. The van der Waals surface area contributed by atoms with Gasteiger partial charge in [-0.05, 0) is 6.07 Å². The van der Waals surface area contributed by atoms with Crippen LogP contribution in [-0.2, 0) is 22.1 Å². The summed E-state index contributed by atoms with van der Waals surface area (Å²) in [6, 6.07) is 1.76. The Labute approximate surface area is 77.8 Å². The molecule has 72 valence electrons. The van der Waals surface area contributed by atoms with E-state index in [9.17, 15) is 9.00 Å². The summed E-state index contributed by atoms with van der Waals surface area (Å²) in [5.41, 5.74) is 0. The van der Waals surface area contributed by atoms with Gasteiger partial charge >= 0.3 is 5.97 Å². The summed E-state index contributed by atoms with van der Waals surface area (Å²) >= 11 is 0. The standard InChI is InChI=1S/C7H10N2O3S/c10-7(11)6-13(12)5-4-9-3-1-2-8-9/h1-3H,4-6H2,(H,10,11). The van der Waals surface area contributed by atoms with Crippen molar-refractivity contribution in [2.45, 2.75) is 6.54 Å². The minimum atomic E-state index is -1.30. The molecule has 0 radical (unpaired) electrons. The fourth-order valence-corrected chi connectivity index (χ4v) is 1.65. The molecular weight excluding hydrogens is 192 g/mol. The average Bonchev–Trinajstić information content (AvgIpc) is 2.51. The maximum Gasteiger partial charge on any atom is 0.316 e. The highest BCUT2D eigenvalue weighted by atomic mass is 32.2. The third-order valence-corrected chi connectivity index (χ3v) is 2.60. The lowest BCUT2D eigenvalue weighted by Crippen LogP contribution is -2.15. The van der Waals surface area contributed by atoms with Crippen molar-refractivity contribution in [3.8, 4) is 0 Å². The fraction of sp³-hybridized carbons (Fsp3) is 0.429. The summed E-state index contributed by atoms with van der Waals surface area (Å²) in [7, 11) is -1.30. The molecule has 6 heteroatoms. The van der Waals surface area contributed by atoms with Crippen LogP contribution in [0, 0.1) is 0 Å². The van der Waals surface area contributed by atoms with Crippen molar-refractivity contribution in [3.63, 3.8) is 0 Å². The third kappa shape index (κ3) is 3.84. The van der Waals surface area contributed by atoms with Crippen molar-refractivity contribution in [1.29, 1.82) is 0 Å². The number of carboxylic acid groups (broad SMARTS) is 1. The van der Waals surface area contributed by atoms with Gasteiger partial charge in [0.1, 0.15) is 5.75 Å². The van der Waals surface area contributed by atoms with E-state index in [4.69, 9.17) is 5.11 Å². The maximum absolute atomic E-state index is 11.0. The second-order valence-electron chi connectivity index (χ2n) is 2.45. The normalized spacial score (nSPS) is 12.6. The first kappa shape index (κ1) is 9.91. The van der Waals surface area contributed by atoms with Crippen molar-refractivity contribution in [3.05, 3.63) is 18.5 Å². The smallest absolute Gasteiger partial charge is 0.316 e. The minimum Gasteiger partial charge on any atom is -0.481 e. The molecule has 0 saturated heterocycles. The number of aliphatic carboxylic acids is 1. The zero-order valence-electron chi connectivity index (χ0n) is 6.92. The summed E-state index contributed by atoms with van der Waals surface area (Å²) in [5.74, 6) is -0.992. The molecule has 0 aromatic carbocycles. The van der Waals surface area contributed by atoms with Gasteiger partial charge in [-0.1, -0.05) is 0 Å². The van der Waals surface area contributed by atoms with Crippen LogP contribution in [0.25, 0.3) is 0 Å². The molecule has 5 nitrogen and oxygen atoms in total. The lowest BCUT2D eigenvalue weighted by atomic mass is 10.7. The molecule has 1 N–H and O–H groups in total. The van der Waals surface area contributed by atoms with Crippen LogP contribution in [0.4, 0.5) is 0 Å². The highest BCUT2D eigenvalue weighted by Gasteiger charge is 2.05. The molecule has 0 aliphatic carbocycles. The summed E-state index contributed by atoms with van der Waals surface area (Å²) in [5, 5.41) is 12.2. The topological polar surface area (TPSA) is 72.2 Å². The molecule has 1 heterocycles. The second-order valence-corrected chi connectivity index (χ2v) is 4.03. The highest BCUT2D eigenvalue weighted by Crippen LogP contribution is 1.88. The number of carboxylic acids is 1. The van der Waals surface area contributed by atoms with Gasteiger partial charge in [-0.15, -0.1) is 0 Å². The van der Waals surface area contributed by atoms with E-state index in [1.807, 2.05) is 0 Å². The Morgan fingerprint density at radius 1 is 1.62 bits per heavy atom. The maximum atomic E-state index is 11.0. The Morgan fingerprint density at radius 3 is 2.92 bits per heavy atom. The third-order valence-electron chi connectivity index (χ3n) is 1.39. The first-order chi connectivity index (χ1) is 6.18. The molecule has 0 bridgehead atoms. The zero-order chi connectivity index (χ0) is 9.68. The monoisotopic (exact) mass is 202 g/mol. The van der Waals surface area contributed by atoms with Gasteiger partial charge in [-0.25, -0.2) is 0 Å². The van der Waals surface area contributed by atoms with E-state index >= 15 is 0 Å². The van der Waals surface area contributed by atoms with Crippen LogP contribution >= 0.6 is 0 Å². The Morgan fingerprint density at radius 2 is 2.38 bits per heavy atom. The van der Waals surface area contributed by atoms with Crippen LogP contribution in [0.2, 0.25) is 0 Å². The molecule has 1 aromatic heterocycles. The van der Waals surface area contributed by atoms with Crippen molar-refractivity contribution < 1.29 is 14.1 Å². The van der Waals surface area contributed by atoms with Crippen LogP contribution in [0.1, 0.15) is 0 Å². The van der Waals surface area contributed by atoms with Crippen LogP contribution in [0.5, 0.6) is 0 Å². The van der Waals surface area contributed by atoms with Gasteiger partial charge in [0.05, 0.1) is 6.54 Å². The van der Waals surface area contributed by atoms with Crippen LogP contribution in [-0.4, -0.2) is 36.6 Å². The molecular formula is C7H10N2O3S. The van der Waals surface area contributed by atoms with E-state index in [-0.39, 0.29) is 5.75 Å². The summed E-state index contributed by atoms with van der Waals surface area (Å²) in [4.78, 5) is 10.2. The van der Waals surface area contributed by atoms with E-state index in [1.54, 1.807) is 23.1 Å². The summed E-state index contributed by atoms with van der Waals surface area (Å²) < 4.78 is 12.7. The van der Waals surface area contributed by atoms with Crippen molar-refractivity contribution in [2.75, 3.05) is 11.5 Å². The number of rotatable bonds is 5. The van der Waals surface area contributed by atoms with Crippen LogP contribution < -0.4 is 0 Å². The molecule has 1 atom stereocenters. The number of aryl methyl sites for hydroxylation is 1. The van der Waals surface area contributed by atoms with Crippen molar-refractivity contribution in [2.24, 2.45) is 0 Å². The van der Waals surface area contributed by atoms with Gasteiger partial charge < -0.3 is 5.11 Å². The van der Waals surface area contributed by atoms with Gasteiger partial charge in [-0.3, -0.25) is 13.7 Å². The van der Waals surface area contributed by atoms with Gasteiger partial charge in [0.15, 0.2) is 0 Å². The predicted molar refractivity (Wildman–Crippen MR) is 47.7 cm³/mol. The van der Waals surface area contributed by atoms with E-state index in [0.717, 1.165) is 0 Å². The molecule has 13 heavy (non-hydrogen) atoms. The Balaban J connectivity index is 2.27. The molecule has 1 unspecified atom stereocenters. The fourth-order valence-electron chi connectivity index (χ4n) is 0.838. The first-order valence-corrected chi connectivity index (χ1v) is 5.21. The Bertz CT molecular complexity index is 297. The zero-order valence-corrected chi connectivity index (χ0v) is 7.74. The molecule has 0 fully saturated rings. The Hall–Kier alpha value is -1.17. The SMILES string of the molecule is O=C(O)CS(=O)CCn1cccn1. The molecule has 1 aromatic rings.